The normalized spacial score (nSPS) is 12.5. The van der Waals surface area contributed by atoms with Crippen molar-refractivity contribution in [3.8, 4) is 11.5 Å². The van der Waals surface area contributed by atoms with Gasteiger partial charge in [-0.1, -0.05) is 36.8 Å². The van der Waals surface area contributed by atoms with Gasteiger partial charge >= 0.3 is 0 Å². The summed E-state index contributed by atoms with van der Waals surface area (Å²) >= 11 is 0. The second-order valence-corrected chi connectivity index (χ2v) is 8.13. The molecule has 2 amide bonds. The van der Waals surface area contributed by atoms with Gasteiger partial charge in [-0.3, -0.25) is 9.59 Å². The second-order valence-electron chi connectivity index (χ2n) is 8.13. The molecule has 174 valence electrons. The lowest BCUT2D eigenvalue weighted by molar-refractivity contribution is -0.141. The Kier molecular flexibility index (Phi) is 10.1. The van der Waals surface area contributed by atoms with Crippen LogP contribution >= 0.6 is 0 Å². The van der Waals surface area contributed by atoms with Crippen LogP contribution in [0, 0.1) is 6.92 Å². The fraction of sp³-hybridized carbons (Fsp3) is 0.462. The van der Waals surface area contributed by atoms with E-state index in [2.05, 4.69) is 5.32 Å². The Bertz CT molecular complexity index is 849. The Morgan fingerprint density at radius 3 is 2.22 bits per heavy atom. The van der Waals surface area contributed by atoms with Gasteiger partial charge in [0.1, 0.15) is 17.5 Å². The van der Waals surface area contributed by atoms with E-state index in [9.17, 15) is 9.59 Å². The van der Waals surface area contributed by atoms with Crippen LogP contribution in [0.3, 0.4) is 0 Å². The van der Waals surface area contributed by atoms with Crippen molar-refractivity contribution in [3.05, 3.63) is 59.7 Å². The van der Waals surface area contributed by atoms with E-state index in [1.54, 1.807) is 18.9 Å². The van der Waals surface area contributed by atoms with Gasteiger partial charge in [0.15, 0.2) is 0 Å². The molecular formula is C26H36N2O4. The number of carbonyl (C=O) groups is 2. The highest BCUT2D eigenvalue weighted by atomic mass is 16.5. The molecule has 32 heavy (non-hydrogen) atoms. The van der Waals surface area contributed by atoms with Crippen LogP contribution in [-0.4, -0.2) is 42.5 Å². The standard InChI is InChI=1S/C26H36N2O4/c1-6-20(3)27-26(30)21(4)28(18-22-11-15-23(31-5)16-12-22)25(29)8-7-17-32-24-13-9-19(2)10-14-24/h9-16,20-21H,6-8,17-18H2,1-5H3,(H,27,30)/t20-,21-/m0/s1. The van der Waals surface area contributed by atoms with Gasteiger partial charge in [0.25, 0.3) is 0 Å². The van der Waals surface area contributed by atoms with Crippen molar-refractivity contribution in [1.82, 2.24) is 10.2 Å². The van der Waals surface area contributed by atoms with Crippen LogP contribution in [-0.2, 0) is 16.1 Å². The molecule has 0 bridgehead atoms. The molecule has 0 saturated heterocycles. The van der Waals surface area contributed by atoms with Gasteiger partial charge in [0, 0.05) is 19.0 Å². The minimum atomic E-state index is -0.573. The zero-order valence-corrected chi connectivity index (χ0v) is 19.9. The van der Waals surface area contributed by atoms with Crippen LogP contribution in [0.4, 0.5) is 0 Å². The Hall–Kier alpha value is -3.02. The molecule has 0 aromatic heterocycles. The number of ether oxygens (including phenoxy) is 2. The third-order valence-corrected chi connectivity index (χ3v) is 5.50. The molecule has 0 heterocycles. The molecule has 2 rings (SSSR count). The largest absolute Gasteiger partial charge is 0.497 e. The highest BCUT2D eigenvalue weighted by Crippen LogP contribution is 2.17. The number of aryl methyl sites for hydroxylation is 1. The van der Waals surface area contributed by atoms with Crippen LogP contribution in [0.15, 0.2) is 48.5 Å². The summed E-state index contributed by atoms with van der Waals surface area (Å²) in [5.74, 6) is 1.33. The molecule has 2 aromatic carbocycles. The number of nitrogens with zero attached hydrogens (tertiary/aromatic N) is 1. The molecule has 0 fully saturated rings. The van der Waals surface area contributed by atoms with E-state index < -0.39 is 6.04 Å². The Balaban J connectivity index is 2.01. The molecule has 2 atom stereocenters. The number of carbonyl (C=O) groups excluding carboxylic acids is 2. The summed E-state index contributed by atoms with van der Waals surface area (Å²) in [4.78, 5) is 27.5. The van der Waals surface area contributed by atoms with Crippen LogP contribution < -0.4 is 14.8 Å². The maximum Gasteiger partial charge on any atom is 0.242 e. The molecule has 0 radical (unpaired) electrons. The highest BCUT2D eigenvalue weighted by Gasteiger charge is 2.26. The van der Waals surface area contributed by atoms with E-state index in [1.165, 1.54) is 5.56 Å². The van der Waals surface area contributed by atoms with Crippen molar-refractivity contribution in [2.45, 2.75) is 65.6 Å². The van der Waals surface area contributed by atoms with E-state index in [0.29, 0.717) is 26.0 Å². The number of hydrogen-bond donors (Lipinski definition) is 1. The van der Waals surface area contributed by atoms with E-state index in [1.807, 2.05) is 69.3 Å². The summed E-state index contributed by atoms with van der Waals surface area (Å²) in [6.07, 6.45) is 1.72. The first kappa shape index (κ1) is 25.2. The zero-order valence-electron chi connectivity index (χ0n) is 19.9. The molecule has 0 saturated carbocycles. The van der Waals surface area contributed by atoms with Crippen molar-refractivity contribution in [2.24, 2.45) is 0 Å². The van der Waals surface area contributed by atoms with Gasteiger partial charge in [-0.15, -0.1) is 0 Å². The average molecular weight is 441 g/mol. The molecule has 6 nitrogen and oxygen atoms in total. The maximum atomic E-state index is 13.1. The van der Waals surface area contributed by atoms with Gasteiger partial charge in [-0.25, -0.2) is 0 Å². The summed E-state index contributed by atoms with van der Waals surface area (Å²) in [5.41, 5.74) is 2.12. The quantitative estimate of drug-likeness (QED) is 0.494. The third-order valence-electron chi connectivity index (χ3n) is 5.50. The first-order chi connectivity index (χ1) is 15.3. The second kappa shape index (κ2) is 12.7. The first-order valence-electron chi connectivity index (χ1n) is 11.3. The lowest BCUT2D eigenvalue weighted by atomic mass is 10.1. The lowest BCUT2D eigenvalue weighted by Crippen LogP contribution is -2.49. The smallest absolute Gasteiger partial charge is 0.242 e. The van der Waals surface area contributed by atoms with Crippen molar-refractivity contribution < 1.29 is 19.1 Å². The Labute approximate surface area is 191 Å². The van der Waals surface area contributed by atoms with E-state index >= 15 is 0 Å². The van der Waals surface area contributed by atoms with E-state index in [-0.39, 0.29) is 17.9 Å². The van der Waals surface area contributed by atoms with Gasteiger partial charge < -0.3 is 19.7 Å². The molecule has 0 aliphatic rings. The molecule has 1 N–H and O–H groups in total. The van der Waals surface area contributed by atoms with Gasteiger partial charge in [0.05, 0.1) is 13.7 Å². The van der Waals surface area contributed by atoms with E-state index in [4.69, 9.17) is 9.47 Å². The molecule has 6 heteroatoms. The molecule has 2 aromatic rings. The molecule has 0 spiro atoms. The van der Waals surface area contributed by atoms with Crippen molar-refractivity contribution >= 4 is 11.8 Å². The molecular weight excluding hydrogens is 404 g/mol. The number of amides is 2. The summed E-state index contributed by atoms with van der Waals surface area (Å²) in [6.45, 7) is 8.59. The molecule has 0 unspecified atom stereocenters. The fourth-order valence-corrected chi connectivity index (χ4v) is 3.17. The first-order valence-corrected chi connectivity index (χ1v) is 11.3. The van der Waals surface area contributed by atoms with Crippen molar-refractivity contribution in [1.29, 1.82) is 0 Å². The van der Waals surface area contributed by atoms with Gasteiger partial charge in [0.2, 0.25) is 11.8 Å². The summed E-state index contributed by atoms with van der Waals surface area (Å²) in [5, 5.41) is 2.98. The maximum absolute atomic E-state index is 13.1. The molecule has 0 aliphatic carbocycles. The van der Waals surface area contributed by atoms with Crippen LogP contribution in [0.1, 0.15) is 51.2 Å². The Morgan fingerprint density at radius 1 is 1.00 bits per heavy atom. The number of benzene rings is 2. The summed E-state index contributed by atoms with van der Waals surface area (Å²) < 4.78 is 11.0. The van der Waals surface area contributed by atoms with Gasteiger partial charge in [-0.05, 0) is 63.4 Å². The fourth-order valence-electron chi connectivity index (χ4n) is 3.17. The van der Waals surface area contributed by atoms with Crippen molar-refractivity contribution in [3.63, 3.8) is 0 Å². The number of nitrogens with one attached hydrogen (secondary N) is 1. The van der Waals surface area contributed by atoms with E-state index in [0.717, 1.165) is 23.5 Å². The average Bonchev–Trinajstić information content (AvgIpc) is 2.81. The zero-order chi connectivity index (χ0) is 23.5. The SMILES string of the molecule is CC[C@H](C)NC(=O)[C@H](C)N(Cc1ccc(OC)cc1)C(=O)CCCOc1ccc(C)cc1. The third kappa shape index (κ3) is 7.91. The van der Waals surface area contributed by atoms with Crippen molar-refractivity contribution in [2.75, 3.05) is 13.7 Å². The highest BCUT2D eigenvalue weighted by molar-refractivity contribution is 5.87. The minimum absolute atomic E-state index is 0.0609. The topological polar surface area (TPSA) is 67.9 Å². The number of rotatable bonds is 12. The Morgan fingerprint density at radius 2 is 1.62 bits per heavy atom. The molecule has 0 aliphatic heterocycles. The van der Waals surface area contributed by atoms with Crippen LogP contribution in [0.5, 0.6) is 11.5 Å². The summed E-state index contributed by atoms with van der Waals surface area (Å²) in [7, 11) is 1.62. The lowest BCUT2D eigenvalue weighted by Gasteiger charge is -2.30. The van der Waals surface area contributed by atoms with Gasteiger partial charge in [-0.2, -0.15) is 0 Å². The summed E-state index contributed by atoms with van der Waals surface area (Å²) in [6, 6.07) is 14.9. The van der Waals surface area contributed by atoms with Crippen LogP contribution in [0.2, 0.25) is 0 Å². The predicted molar refractivity (Wildman–Crippen MR) is 127 cm³/mol. The minimum Gasteiger partial charge on any atom is -0.497 e. The number of hydrogen-bond acceptors (Lipinski definition) is 4. The van der Waals surface area contributed by atoms with Crippen LogP contribution in [0.25, 0.3) is 0 Å². The monoisotopic (exact) mass is 440 g/mol. The predicted octanol–water partition coefficient (Wildman–Crippen LogP) is 4.49. The number of methoxy groups -OCH3 is 1.